The molecule has 3 aromatic rings. The summed E-state index contributed by atoms with van der Waals surface area (Å²) < 4.78 is 1.86. The van der Waals surface area contributed by atoms with Crippen LogP contribution in [0.2, 0.25) is 0 Å². The molecule has 1 aromatic carbocycles. The van der Waals surface area contributed by atoms with Crippen molar-refractivity contribution >= 4 is 33.4 Å². The standard InChI is InChI=1S/C19H19N3O3S/c1-11-9-21(10-15(11)19(24)25)17(23)16-8-14-12(2)20-22(18(14)26-16)13-6-4-3-5-7-13/h3-8,11,15H,9-10H2,1-2H3,(H,24,25)/t11-,15-/m1/s1. The molecule has 1 aliphatic heterocycles. The molecule has 1 saturated heterocycles. The minimum absolute atomic E-state index is 0.0348. The van der Waals surface area contributed by atoms with Crippen LogP contribution < -0.4 is 0 Å². The number of carbonyl (C=O) groups excluding carboxylic acids is 1. The Balaban J connectivity index is 1.68. The Labute approximate surface area is 154 Å². The van der Waals surface area contributed by atoms with Gasteiger partial charge in [0.15, 0.2) is 0 Å². The highest BCUT2D eigenvalue weighted by molar-refractivity contribution is 7.20. The molecule has 4 rings (SSSR count). The van der Waals surface area contributed by atoms with E-state index in [1.165, 1.54) is 11.3 Å². The minimum Gasteiger partial charge on any atom is -0.481 e. The molecule has 26 heavy (non-hydrogen) atoms. The highest BCUT2D eigenvalue weighted by Crippen LogP contribution is 2.33. The monoisotopic (exact) mass is 369 g/mol. The lowest BCUT2D eigenvalue weighted by molar-refractivity contribution is -0.142. The Hall–Kier alpha value is -2.67. The first-order valence-electron chi connectivity index (χ1n) is 8.52. The third kappa shape index (κ3) is 2.68. The molecular weight excluding hydrogens is 350 g/mol. The van der Waals surface area contributed by atoms with Gasteiger partial charge in [0.25, 0.3) is 5.91 Å². The molecule has 6 nitrogen and oxygen atoms in total. The second-order valence-corrected chi connectivity index (χ2v) is 7.83. The fraction of sp³-hybridized carbons (Fsp3) is 0.316. The van der Waals surface area contributed by atoms with Gasteiger partial charge in [0.1, 0.15) is 4.83 Å². The Bertz CT molecular complexity index is 992. The maximum atomic E-state index is 12.9. The second-order valence-electron chi connectivity index (χ2n) is 6.79. The summed E-state index contributed by atoms with van der Waals surface area (Å²) in [6.07, 6.45) is 0. The number of fused-ring (bicyclic) bond motifs is 1. The number of hydrogen-bond acceptors (Lipinski definition) is 4. The molecule has 0 spiro atoms. The third-order valence-corrected chi connectivity index (χ3v) is 6.07. The van der Waals surface area contributed by atoms with Crippen LogP contribution in [0.5, 0.6) is 0 Å². The van der Waals surface area contributed by atoms with Crippen molar-refractivity contribution < 1.29 is 14.7 Å². The van der Waals surface area contributed by atoms with Crippen molar-refractivity contribution in [3.8, 4) is 5.69 Å². The van der Waals surface area contributed by atoms with Gasteiger partial charge < -0.3 is 10.0 Å². The number of amides is 1. The van der Waals surface area contributed by atoms with E-state index in [2.05, 4.69) is 5.10 Å². The molecule has 1 amide bonds. The van der Waals surface area contributed by atoms with E-state index in [0.29, 0.717) is 11.4 Å². The number of aryl methyl sites for hydroxylation is 1. The van der Waals surface area contributed by atoms with Crippen molar-refractivity contribution in [1.82, 2.24) is 14.7 Å². The van der Waals surface area contributed by atoms with E-state index in [1.807, 2.05) is 54.9 Å². The number of aromatic nitrogens is 2. The molecule has 2 atom stereocenters. The van der Waals surface area contributed by atoms with Crippen molar-refractivity contribution in [1.29, 1.82) is 0 Å². The van der Waals surface area contributed by atoms with E-state index in [9.17, 15) is 14.7 Å². The van der Waals surface area contributed by atoms with Gasteiger partial charge in [-0.05, 0) is 31.0 Å². The average Bonchev–Trinajstić information content (AvgIpc) is 3.30. The molecule has 1 aliphatic rings. The predicted octanol–water partition coefficient (Wildman–Crippen LogP) is 3.19. The van der Waals surface area contributed by atoms with Crippen LogP contribution in [-0.2, 0) is 4.79 Å². The van der Waals surface area contributed by atoms with Gasteiger partial charge in [-0.2, -0.15) is 5.10 Å². The van der Waals surface area contributed by atoms with Gasteiger partial charge in [-0.3, -0.25) is 9.59 Å². The average molecular weight is 369 g/mol. The number of carbonyl (C=O) groups is 2. The lowest BCUT2D eigenvalue weighted by Crippen LogP contribution is -2.29. The number of likely N-dealkylation sites (tertiary alicyclic amines) is 1. The summed E-state index contributed by atoms with van der Waals surface area (Å²) in [6, 6.07) is 11.7. The Morgan fingerprint density at radius 1 is 1.23 bits per heavy atom. The van der Waals surface area contributed by atoms with E-state index in [1.54, 1.807) is 4.90 Å². The number of carboxylic acids is 1. The molecular formula is C19H19N3O3S. The number of hydrogen-bond donors (Lipinski definition) is 1. The summed E-state index contributed by atoms with van der Waals surface area (Å²) in [5.74, 6) is -1.46. The normalized spacial score (nSPS) is 20.0. The number of para-hydroxylation sites is 1. The Kier molecular flexibility index (Phi) is 4.03. The minimum atomic E-state index is -0.834. The van der Waals surface area contributed by atoms with Crippen LogP contribution in [0.4, 0.5) is 0 Å². The van der Waals surface area contributed by atoms with Crippen LogP contribution >= 0.6 is 11.3 Å². The number of aliphatic carboxylic acids is 1. The maximum Gasteiger partial charge on any atom is 0.308 e. The van der Waals surface area contributed by atoms with E-state index < -0.39 is 11.9 Å². The molecule has 7 heteroatoms. The van der Waals surface area contributed by atoms with E-state index in [0.717, 1.165) is 21.6 Å². The zero-order valence-electron chi connectivity index (χ0n) is 14.5. The van der Waals surface area contributed by atoms with Gasteiger partial charge in [-0.25, -0.2) is 4.68 Å². The third-order valence-electron chi connectivity index (χ3n) is 4.97. The van der Waals surface area contributed by atoms with E-state index in [-0.39, 0.29) is 18.4 Å². The highest BCUT2D eigenvalue weighted by Gasteiger charge is 2.37. The van der Waals surface area contributed by atoms with Crippen LogP contribution in [0.1, 0.15) is 22.3 Å². The van der Waals surface area contributed by atoms with Gasteiger partial charge >= 0.3 is 5.97 Å². The van der Waals surface area contributed by atoms with Gasteiger partial charge in [-0.1, -0.05) is 25.1 Å². The summed E-state index contributed by atoms with van der Waals surface area (Å²) in [5, 5.41) is 14.8. The van der Waals surface area contributed by atoms with Crippen LogP contribution in [-0.4, -0.2) is 44.8 Å². The summed E-state index contributed by atoms with van der Waals surface area (Å²) in [6.45, 7) is 4.57. The SMILES string of the molecule is Cc1nn(-c2ccccc2)c2sc(C(=O)N3C[C@@H](C)[C@H](C(=O)O)C3)cc12. The zero-order chi connectivity index (χ0) is 18.4. The summed E-state index contributed by atoms with van der Waals surface area (Å²) in [4.78, 5) is 27.4. The lowest BCUT2D eigenvalue weighted by Gasteiger charge is -2.14. The molecule has 0 radical (unpaired) electrons. The van der Waals surface area contributed by atoms with Crippen LogP contribution in [0, 0.1) is 18.8 Å². The highest BCUT2D eigenvalue weighted by atomic mass is 32.1. The van der Waals surface area contributed by atoms with Crippen molar-refractivity contribution in [2.45, 2.75) is 13.8 Å². The molecule has 0 unspecified atom stereocenters. The zero-order valence-corrected chi connectivity index (χ0v) is 15.4. The number of nitrogens with zero attached hydrogens (tertiary/aromatic N) is 3. The molecule has 3 heterocycles. The number of rotatable bonds is 3. The quantitative estimate of drug-likeness (QED) is 0.769. The molecule has 0 aliphatic carbocycles. The van der Waals surface area contributed by atoms with Crippen LogP contribution in [0.3, 0.4) is 0 Å². The smallest absolute Gasteiger partial charge is 0.308 e. The molecule has 0 saturated carbocycles. The van der Waals surface area contributed by atoms with Gasteiger partial charge in [-0.15, -0.1) is 11.3 Å². The van der Waals surface area contributed by atoms with Crippen LogP contribution in [0.25, 0.3) is 15.9 Å². The molecule has 1 fully saturated rings. The number of carboxylic acid groups (broad SMARTS) is 1. The predicted molar refractivity (Wildman–Crippen MR) is 99.9 cm³/mol. The molecule has 2 aromatic heterocycles. The Morgan fingerprint density at radius 2 is 1.96 bits per heavy atom. The topological polar surface area (TPSA) is 75.4 Å². The van der Waals surface area contributed by atoms with Gasteiger partial charge in [0.2, 0.25) is 0 Å². The largest absolute Gasteiger partial charge is 0.481 e. The molecule has 0 bridgehead atoms. The first-order valence-corrected chi connectivity index (χ1v) is 9.34. The first kappa shape index (κ1) is 16.8. The van der Waals surface area contributed by atoms with Gasteiger partial charge in [0, 0.05) is 18.5 Å². The summed E-state index contributed by atoms with van der Waals surface area (Å²) >= 11 is 1.41. The Morgan fingerprint density at radius 3 is 2.62 bits per heavy atom. The first-order chi connectivity index (χ1) is 12.5. The summed E-state index contributed by atoms with van der Waals surface area (Å²) in [7, 11) is 0. The molecule has 1 N–H and O–H groups in total. The lowest BCUT2D eigenvalue weighted by atomic mass is 9.99. The second kappa shape index (κ2) is 6.25. The van der Waals surface area contributed by atoms with Crippen molar-refractivity contribution in [3.63, 3.8) is 0 Å². The van der Waals surface area contributed by atoms with Crippen molar-refractivity contribution in [2.24, 2.45) is 11.8 Å². The maximum absolute atomic E-state index is 12.9. The fourth-order valence-electron chi connectivity index (χ4n) is 3.51. The number of benzene rings is 1. The fourth-order valence-corrected chi connectivity index (χ4v) is 4.66. The summed E-state index contributed by atoms with van der Waals surface area (Å²) in [5.41, 5.74) is 1.82. The number of thiophene rings is 1. The van der Waals surface area contributed by atoms with Crippen molar-refractivity contribution in [3.05, 3.63) is 47.0 Å². The molecule has 134 valence electrons. The van der Waals surface area contributed by atoms with Crippen LogP contribution in [0.15, 0.2) is 36.4 Å². The van der Waals surface area contributed by atoms with Gasteiger partial charge in [0.05, 0.1) is 22.2 Å². The van der Waals surface area contributed by atoms with E-state index >= 15 is 0 Å². The van der Waals surface area contributed by atoms with E-state index in [4.69, 9.17) is 0 Å². The van der Waals surface area contributed by atoms with Crippen molar-refractivity contribution in [2.75, 3.05) is 13.1 Å².